The molecule has 0 amide bonds. The van der Waals surface area contributed by atoms with Crippen molar-refractivity contribution in [2.24, 2.45) is 0 Å². The molecule has 5 nitrogen and oxygen atoms in total. The number of hydrogen-bond donors (Lipinski definition) is 0. The topological polar surface area (TPSA) is 75.7 Å². The number of carbonyl (C=O) groups excluding carboxylic acids is 1. The van der Waals surface area contributed by atoms with Crippen LogP contribution >= 0.6 is 7.60 Å². The Balaban J connectivity index is 0.00000200. The fourth-order valence-corrected chi connectivity index (χ4v) is 1.99. The zero-order valence-electron chi connectivity index (χ0n) is 10.8. The molecule has 2 rings (SSSR count). The molecule has 0 radical (unpaired) electrons. The largest absolute Gasteiger partial charge is 1.00 e. The number of benzene rings is 2. The molecule has 0 saturated carbocycles. The van der Waals surface area contributed by atoms with Crippen molar-refractivity contribution < 1.29 is 53.1 Å². The van der Waals surface area contributed by atoms with Crippen molar-refractivity contribution in [1.29, 1.82) is 0 Å². The van der Waals surface area contributed by atoms with Gasteiger partial charge in [-0.05, 0) is 24.3 Å². The second kappa shape index (κ2) is 7.62. The molecule has 0 aliphatic rings. The van der Waals surface area contributed by atoms with Gasteiger partial charge in [0.05, 0.1) is 0 Å². The summed E-state index contributed by atoms with van der Waals surface area (Å²) in [6.45, 7) is 0. The van der Waals surface area contributed by atoms with Crippen molar-refractivity contribution in [1.82, 2.24) is 0 Å². The Morgan fingerprint density at radius 3 is 1.85 bits per heavy atom. The summed E-state index contributed by atoms with van der Waals surface area (Å²) >= 11 is 0. The molecule has 20 heavy (non-hydrogen) atoms. The van der Waals surface area contributed by atoms with Crippen molar-refractivity contribution in [2.75, 3.05) is 0 Å². The first-order chi connectivity index (χ1) is 9.08. The van der Waals surface area contributed by atoms with Crippen molar-refractivity contribution in [3.05, 3.63) is 60.7 Å². The van der Waals surface area contributed by atoms with Crippen LogP contribution in [0.3, 0.4) is 0 Å². The maximum atomic E-state index is 11.6. The quantitative estimate of drug-likeness (QED) is 0.578. The summed E-state index contributed by atoms with van der Waals surface area (Å²) in [5.41, 5.74) is -1.43. The van der Waals surface area contributed by atoms with Crippen LogP contribution in [-0.4, -0.2) is 5.71 Å². The van der Waals surface area contributed by atoms with Crippen LogP contribution in [0.1, 0.15) is 0 Å². The fraction of sp³-hybridized carbons (Fsp3) is 0. The van der Waals surface area contributed by atoms with Gasteiger partial charge in [-0.1, -0.05) is 36.4 Å². The van der Waals surface area contributed by atoms with Crippen LogP contribution in [0.15, 0.2) is 60.7 Å². The van der Waals surface area contributed by atoms with Gasteiger partial charge in [-0.15, -0.1) is 0 Å². The van der Waals surface area contributed by atoms with Crippen LogP contribution in [0.5, 0.6) is 11.5 Å². The van der Waals surface area contributed by atoms with Gasteiger partial charge in [0.1, 0.15) is 11.5 Å². The van der Waals surface area contributed by atoms with Gasteiger partial charge in [0.25, 0.3) is 7.60 Å². The van der Waals surface area contributed by atoms with Gasteiger partial charge < -0.3 is 14.2 Å². The molecule has 0 bridgehead atoms. The Hall–Kier alpha value is -1.10. The zero-order chi connectivity index (χ0) is 13.7. The third-order valence-corrected chi connectivity index (χ3v) is 3.13. The van der Waals surface area contributed by atoms with Crippen LogP contribution in [0, 0.1) is 0 Å². The van der Waals surface area contributed by atoms with E-state index in [1.807, 2.05) is 0 Å². The molecule has 98 valence electrons. The van der Waals surface area contributed by atoms with Gasteiger partial charge in [-0.3, -0.25) is 4.57 Å². The van der Waals surface area contributed by atoms with E-state index in [0.29, 0.717) is 0 Å². The third kappa shape index (κ3) is 4.78. The van der Waals surface area contributed by atoms with Crippen molar-refractivity contribution in [3.63, 3.8) is 0 Å². The average molecular weight is 300 g/mol. The standard InChI is InChI=1S/C13H11O5P.Na/c14-13(17-11-7-3-1-4-8-11)19(15,16)18-12-9-5-2-6-10-12;/h1-10H,(H,15,16);/q;+1/p-1. The molecule has 0 saturated heterocycles. The monoisotopic (exact) mass is 300 g/mol. The summed E-state index contributed by atoms with van der Waals surface area (Å²) in [6.07, 6.45) is 0. The minimum absolute atomic E-state index is 0. The van der Waals surface area contributed by atoms with Gasteiger partial charge >= 0.3 is 35.3 Å². The summed E-state index contributed by atoms with van der Waals surface area (Å²) in [4.78, 5) is 23.2. The fourth-order valence-electron chi connectivity index (χ4n) is 1.30. The van der Waals surface area contributed by atoms with E-state index in [9.17, 15) is 14.3 Å². The van der Waals surface area contributed by atoms with E-state index in [2.05, 4.69) is 4.52 Å². The average Bonchev–Trinajstić information content (AvgIpc) is 2.40. The number of carbonyl (C=O) groups is 1. The Labute approximate surface area is 138 Å². The van der Waals surface area contributed by atoms with E-state index in [4.69, 9.17) is 4.74 Å². The molecule has 0 heterocycles. The van der Waals surface area contributed by atoms with Crippen LogP contribution < -0.4 is 43.7 Å². The smallest absolute Gasteiger partial charge is 0.761 e. The van der Waals surface area contributed by atoms with Crippen molar-refractivity contribution in [3.8, 4) is 11.5 Å². The summed E-state index contributed by atoms with van der Waals surface area (Å²) in [6, 6.07) is 15.7. The Morgan fingerprint density at radius 2 is 1.35 bits per heavy atom. The molecule has 2 aromatic carbocycles. The number of para-hydroxylation sites is 2. The minimum atomic E-state index is -4.78. The maximum Gasteiger partial charge on any atom is 1.00 e. The molecule has 1 atom stereocenters. The van der Waals surface area contributed by atoms with E-state index in [0.717, 1.165) is 0 Å². The third-order valence-electron chi connectivity index (χ3n) is 2.14. The second-order valence-electron chi connectivity index (χ2n) is 3.58. The number of ether oxygens (including phenoxy) is 1. The number of rotatable bonds is 4. The predicted molar refractivity (Wildman–Crippen MR) is 67.1 cm³/mol. The SMILES string of the molecule is O=C(Oc1ccccc1)P(=O)([O-])Oc1ccccc1.[Na+]. The minimum Gasteiger partial charge on any atom is -0.761 e. The van der Waals surface area contributed by atoms with Crippen LogP contribution in [0.25, 0.3) is 0 Å². The summed E-state index contributed by atoms with van der Waals surface area (Å²) in [7, 11) is -4.78. The molecule has 0 fully saturated rings. The van der Waals surface area contributed by atoms with Gasteiger partial charge in [-0.2, -0.15) is 0 Å². The number of hydrogen-bond acceptors (Lipinski definition) is 5. The molecule has 7 heteroatoms. The second-order valence-corrected chi connectivity index (χ2v) is 5.13. The van der Waals surface area contributed by atoms with Crippen LogP contribution in [0.4, 0.5) is 4.79 Å². The summed E-state index contributed by atoms with van der Waals surface area (Å²) in [5.74, 6) is 0.200. The van der Waals surface area contributed by atoms with Gasteiger partial charge in [0.2, 0.25) is 0 Å². The van der Waals surface area contributed by atoms with Gasteiger partial charge in [0.15, 0.2) is 0 Å². The van der Waals surface area contributed by atoms with E-state index < -0.39 is 13.3 Å². The zero-order valence-corrected chi connectivity index (χ0v) is 13.7. The molecule has 0 aromatic heterocycles. The first-order valence-electron chi connectivity index (χ1n) is 5.41. The summed E-state index contributed by atoms with van der Waals surface area (Å²) in [5, 5.41) is 0. The van der Waals surface area contributed by atoms with Crippen molar-refractivity contribution in [2.45, 2.75) is 0 Å². The molecule has 0 spiro atoms. The molecular formula is C13H10NaO5P. The molecule has 0 aliphatic carbocycles. The molecular weight excluding hydrogens is 290 g/mol. The van der Waals surface area contributed by atoms with Gasteiger partial charge in [0, 0.05) is 0 Å². The Bertz CT molecular complexity index is 603. The van der Waals surface area contributed by atoms with E-state index in [1.165, 1.54) is 24.3 Å². The molecule has 1 unspecified atom stereocenters. The normalized spacial score (nSPS) is 12.7. The molecule has 0 aliphatic heterocycles. The van der Waals surface area contributed by atoms with E-state index >= 15 is 0 Å². The Morgan fingerprint density at radius 1 is 0.900 bits per heavy atom. The van der Waals surface area contributed by atoms with Crippen molar-refractivity contribution >= 4 is 13.3 Å². The first kappa shape index (κ1) is 17.0. The summed E-state index contributed by atoms with van der Waals surface area (Å²) < 4.78 is 21.0. The van der Waals surface area contributed by atoms with Crippen LogP contribution in [-0.2, 0) is 4.57 Å². The predicted octanol–water partition coefficient (Wildman–Crippen LogP) is -0.178. The maximum absolute atomic E-state index is 11.6. The van der Waals surface area contributed by atoms with E-state index in [-0.39, 0.29) is 41.1 Å². The molecule has 2 aromatic rings. The Kier molecular flexibility index (Phi) is 6.46. The van der Waals surface area contributed by atoms with Crippen LogP contribution in [0.2, 0.25) is 0 Å². The first-order valence-corrected chi connectivity index (χ1v) is 6.95. The van der Waals surface area contributed by atoms with Gasteiger partial charge in [-0.25, -0.2) is 4.79 Å². The van der Waals surface area contributed by atoms with E-state index in [1.54, 1.807) is 36.4 Å². The molecule has 0 N–H and O–H groups in total.